The first kappa shape index (κ1) is 15.2. The maximum absolute atomic E-state index is 13.9. The molecule has 0 aromatic heterocycles. The van der Waals surface area contributed by atoms with E-state index in [1.54, 1.807) is 0 Å². The molecule has 1 unspecified atom stereocenters. The molecule has 1 aliphatic rings. The van der Waals surface area contributed by atoms with Crippen LogP contribution in [-0.2, 0) is 14.8 Å². The Bertz CT molecular complexity index is 636. The molecule has 5 nitrogen and oxygen atoms in total. The van der Waals surface area contributed by atoms with Crippen molar-refractivity contribution in [3.05, 3.63) is 29.0 Å². The Hall–Kier alpha value is -1.18. The highest BCUT2D eigenvalue weighted by molar-refractivity contribution is 7.89. The largest absolute Gasteiger partial charge is 0.358 e. The second kappa shape index (κ2) is 5.67. The Morgan fingerprint density at radius 3 is 2.85 bits per heavy atom. The van der Waals surface area contributed by atoms with Gasteiger partial charge in [0.15, 0.2) is 5.82 Å². The molecule has 1 N–H and O–H groups in total. The van der Waals surface area contributed by atoms with Gasteiger partial charge in [-0.2, -0.15) is 4.31 Å². The van der Waals surface area contributed by atoms with Crippen molar-refractivity contribution in [2.75, 3.05) is 13.6 Å². The van der Waals surface area contributed by atoms with E-state index in [1.165, 1.54) is 19.2 Å². The molecular formula is C12H14ClFN2O3S. The van der Waals surface area contributed by atoms with Crippen molar-refractivity contribution >= 4 is 27.5 Å². The van der Waals surface area contributed by atoms with E-state index < -0.39 is 32.7 Å². The van der Waals surface area contributed by atoms with Crippen LogP contribution in [0.25, 0.3) is 0 Å². The molecule has 1 heterocycles. The van der Waals surface area contributed by atoms with Gasteiger partial charge in [-0.05, 0) is 25.0 Å². The summed E-state index contributed by atoms with van der Waals surface area (Å²) in [5.41, 5.74) is 0. The number of halogens is 2. The maximum Gasteiger partial charge on any atom is 0.246 e. The number of carbonyl (C=O) groups excluding carboxylic acids is 1. The lowest BCUT2D eigenvalue weighted by Crippen LogP contribution is -2.45. The average Bonchev–Trinajstić information content (AvgIpc) is 2.90. The van der Waals surface area contributed by atoms with Gasteiger partial charge in [0.25, 0.3) is 0 Å². The van der Waals surface area contributed by atoms with E-state index >= 15 is 0 Å². The number of nitrogens with zero attached hydrogens (tertiary/aromatic N) is 1. The lowest BCUT2D eigenvalue weighted by atomic mass is 10.2. The fourth-order valence-electron chi connectivity index (χ4n) is 2.27. The first-order valence-corrected chi connectivity index (χ1v) is 7.89. The monoisotopic (exact) mass is 320 g/mol. The van der Waals surface area contributed by atoms with Crippen molar-refractivity contribution in [1.82, 2.24) is 9.62 Å². The lowest BCUT2D eigenvalue weighted by molar-refractivity contribution is -0.123. The topological polar surface area (TPSA) is 66.5 Å². The van der Waals surface area contributed by atoms with Crippen molar-refractivity contribution in [3.8, 4) is 0 Å². The number of hydrogen-bond donors (Lipinski definition) is 1. The van der Waals surface area contributed by atoms with Crippen LogP contribution in [0, 0.1) is 5.82 Å². The van der Waals surface area contributed by atoms with E-state index in [-0.39, 0.29) is 11.6 Å². The molecule has 1 aromatic carbocycles. The SMILES string of the molecule is CNC(=O)C1CCCN1S(=O)(=O)c1cccc(Cl)c1F. The summed E-state index contributed by atoms with van der Waals surface area (Å²) in [5, 5.41) is 2.16. The van der Waals surface area contributed by atoms with E-state index in [9.17, 15) is 17.6 Å². The minimum absolute atomic E-state index is 0.187. The molecule has 1 amide bonds. The van der Waals surface area contributed by atoms with Gasteiger partial charge in [0.2, 0.25) is 15.9 Å². The number of sulfonamides is 1. The van der Waals surface area contributed by atoms with Crippen molar-refractivity contribution in [2.45, 2.75) is 23.8 Å². The Morgan fingerprint density at radius 2 is 2.20 bits per heavy atom. The van der Waals surface area contributed by atoms with Gasteiger partial charge in [0, 0.05) is 13.6 Å². The van der Waals surface area contributed by atoms with E-state index in [1.807, 2.05) is 0 Å². The Labute approximate surface area is 121 Å². The highest BCUT2D eigenvalue weighted by Crippen LogP contribution is 2.29. The van der Waals surface area contributed by atoms with Crippen LogP contribution in [0.1, 0.15) is 12.8 Å². The first-order valence-electron chi connectivity index (χ1n) is 6.07. The van der Waals surface area contributed by atoms with Crippen LogP contribution in [-0.4, -0.2) is 38.3 Å². The van der Waals surface area contributed by atoms with E-state index in [2.05, 4.69) is 5.32 Å². The first-order chi connectivity index (χ1) is 9.39. The number of carbonyl (C=O) groups is 1. The number of hydrogen-bond acceptors (Lipinski definition) is 3. The van der Waals surface area contributed by atoms with Gasteiger partial charge in [-0.3, -0.25) is 4.79 Å². The average molecular weight is 321 g/mol. The predicted molar refractivity (Wildman–Crippen MR) is 72.4 cm³/mol. The summed E-state index contributed by atoms with van der Waals surface area (Å²) in [7, 11) is -2.65. The molecule has 1 atom stereocenters. The number of nitrogens with one attached hydrogen (secondary N) is 1. The highest BCUT2D eigenvalue weighted by atomic mass is 35.5. The van der Waals surface area contributed by atoms with Crippen LogP contribution < -0.4 is 5.32 Å². The molecule has 1 aromatic rings. The van der Waals surface area contributed by atoms with Crippen LogP contribution in [0.15, 0.2) is 23.1 Å². The second-order valence-corrected chi connectivity index (χ2v) is 6.71. The molecule has 1 saturated heterocycles. The molecule has 2 rings (SSSR count). The number of rotatable bonds is 3. The van der Waals surface area contributed by atoms with Crippen LogP contribution >= 0.6 is 11.6 Å². The van der Waals surface area contributed by atoms with E-state index in [4.69, 9.17) is 11.6 Å². The van der Waals surface area contributed by atoms with Crippen LogP contribution in [0.5, 0.6) is 0 Å². The Kier molecular flexibility index (Phi) is 4.31. The standard InChI is InChI=1S/C12H14ClFN2O3S/c1-15-12(17)9-5-3-7-16(9)20(18,19)10-6-2-4-8(13)11(10)14/h2,4,6,9H,3,5,7H2,1H3,(H,15,17). The molecule has 0 saturated carbocycles. The fourth-order valence-corrected chi connectivity index (χ4v) is 4.24. The van der Waals surface area contributed by atoms with Gasteiger partial charge in [0.05, 0.1) is 5.02 Å². The predicted octanol–water partition coefficient (Wildman–Crippen LogP) is 1.38. The van der Waals surface area contributed by atoms with Crippen molar-refractivity contribution in [2.24, 2.45) is 0 Å². The zero-order valence-corrected chi connectivity index (χ0v) is 12.3. The molecule has 110 valence electrons. The summed E-state index contributed by atoms with van der Waals surface area (Å²) in [5.74, 6) is -1.38. The summed E-state index contributed by atoms with van der Waals surface area (Å²) >= 11 is 5.62. The fraction of sp³-hybridized carbons (Fsp3) is 0.417. The Balaban J connectivity index is 2.44. The third-order valence-corrected chi connectivity index (χ3v) is 5.47. The third-order valence-electron chi connectivity index (χ3n) is 3.26. The minimum atomic E-state index is -4.08. The molecule has 0 radical (unpaired) electrons. The normalized spacial score (nSPS) is 20.1. The molecule has 0 aliphatic carbocycles. The summed E-state index contributed by atoms with van der Waals surface area (Å²) in [4.78, 5) is 11.2. The molecule has 1 aliphatic heterocycles. The van der Waals surface area contributed by atoms with E-state index in [0.29, 0.717) is 12.8 Å². The molecule has 0 bridgehead atoms. The number of likely N-dealkylation sites (N-methyl/N-ethyl adjacent to an activating group) is 1. The smallest absolute Gasteiger partial charge is 0.246 e. The summed E-state index contributed by atoms with van der Waals surface area (Å²) in [6, 6.07) is 2.98. The number of amides is 1. The van der Waals surface area contributed by atoms with Gasteiger partial charge < -0.3 is 5.32 Å². The summed E-state index contributed by atoms with van der Waals surface area (Å²) < 4.78 is 39.9. The van der Waals surface area contributed by atoms with Crippen LogP contribution in [0.3, 0.4) is 0 Å². The molecule has 8 heteroatoms. The van der Waals surface area contributed by atoms with Crippen molar-refractivity contribution in [3.63, 3.8) is 0 Å². The number of benzene rings is 1. The third kappa shape index (κ3) is 2.53. The van der Waals surface area contributed by atoms with Gasteiger partial charge in [-0.1, -0.05) is 17.7 Å². The molecule has 0 spiro atoms. The highest BCUT2D eigenvalue weighted by Gasteiger charge is 2.40. The van der Waals surface area contributed by atoms with Gasteiger partial charge >= 0.3 is 0 Å². The van der Waals surface area contributed by atoms with Gasteiger partial charge in [-0.25, -0.2) is 12.8 Å². The van der Waals surface area contributed by atoms with Crippen LogP contribution in [0.4, 0.5) is 4.39 Å². The zero-order valence-electron chi connectivity index (χ0n) is 10.8. The molecule has 20 heavy (non-hydrogen) atoms. The van der Waals surface area contributed by atoms with Gasteiger partial charge in [-0.15, -0.1) is 0 Å². The van der Waals surface area contributed by atoms with Crippen molar-refractivity contribution < 1.29 is 17.6 Å². The quantitative estimate of drug-likeness (QED) is 0.915. The molecule has 1 fully saturated rings. The lowest BCUT2D eigenvalue weighted by Gasteiger charge is -2.23. The van der Waals surface area contributed by atoms with Crippen molar-refractivity contribution in [1.29, 1.82) is 0 Å². The summed E-state index contributed by atoms with van der Waals surface area (Å²) in [6.45, 7) is 0.187. The van der Waals surface area contributed by atoms with E-state index in [0.717, 1.165) is 10.4 Å². The van der Waals surface area contributed by atoms with Gasteiger partial charge in [0.1, 0.15) is 10.9 Å². The summed E-state index contributed by atoms with van der Waals surface area (Å²) in [6.07, 6.45) is 0.973. The second-order valence-electron chi connectivity index (χ2n) is 4.44. The van der Waals surface area contributed by atoms with Crippen LogP contribution in [0.2, 0.25) is 5.02 Å². The Morgan fingerprint density at radius 1 is 1.50 bits per heavy atom. The maximum atomic E-state index is 13.9. The zero-order chi connectivity index (χ0) is 14.9. The molecular weight excluding hydrogens is 307 g/mol. The minimum Gasteiger partial charge on any atom is -0.358 e.